The van der Waals surface area contributed by atoms with Gasteiger partial charge in [0.2, 0.25) is 0 Å². The van der Waals surface area contributed by atoms with Gasteiger partial charge in [-0.2, -0.15) is 0 Å². The molecule has 0 aromatic carbocycles. The summed E-state index contributed by atoms with van der Waals surface area (Å²) in [5, 5.41) is 4.01. The molecule has 2 heterocycles. The lowest BCUT2D eigenvalue weighted by atomic mass is 10.1. The summed E-state index contributed by atoms with van der Waals surface area (Å²) in [7, 11) is 1.60. The van der Waals surface area contributed by atoms with Crippen LogP contribution in [0.3, 0.4) is 0 Å². The number of halogens is 2. The minimum atomic E-state index is 0.341. The van der Waals surface area contributed by atoms with Crippen molar-refractivity contribution in [2.24, 2.45) is 0 Å². The highest BCUT2D eigenvalue weighted by atomic mass is 35.5. The Morgan fingerprint density at radius 2 is 1.91 bits per heavy atom. The van der Waals surface area contributed by atoms with E-state index in [0.29, 0.717) is 27.1 Å². The Kier molecular flexibility index (Phi) is 6.50. The van der Waals surface area contributed by atoms with Gasteiger partial charge in [-0.25, -0.2) is 9.97 Å². The van der Waals surface area contributed by atoms with Crippen LogP contribution in [0, 0.1) is 0 Å². The van der Waals surface area contributed by atoms with Crippen LogP contribution in [-0.4, -0.2) is 23.1 Å². The third-order valence-corrected chi connectivity index (χ3v) is 5.34. The van der Waals surface area contributed by atoms with Crippen LogP contribution in [0.5, 0.6) is 5.88 Å². The second-order valence-electron chi connectivity index (χ2n) is 5.12. The van der Waals surface area contributed by atoms with Crippen molar-refractivity contribution in [3.63, 3.8) is 0 Å². The standard InChI is InChI=1S/C16H21Cl2N3OS/c1-5-9(6-2)19-15-16(22-4)21-13(11(7-3)20-15)14-10(17)8-12(18)23-14/h8-9H,5-7H2,1-4H3,(H,19,20). The summed E-state index contributed by atoms with van der Waals surface area (Å²) in [5.41, 5.74) is 1.61. The molecule has 0 aliphatic carbocycles. The van der Waals surface area contributed by atoms with E-state index in [4.69, 9.17) is 32.9 Å². The van der Waals surface area contributed by atoms with Gasteiger partial charge in [-0.15, -0.1) is 11.3 Å². The molecule has 7 heteroatoms. The fourth-order valence-corrected chi connectivity index (χ4v) is 3.87. The molecule has 0 radical (unpaired) electrons. The first-order valence-corrected chi connectivity index (χ1v) is 9.27. The maximum atomic E-state index is 6.27. The molecule has 0 aliphatic rings. The Bertz CT molecular complexity index is 672. The summed E-state index contributed by atoms with van der Waals surface area (Å²) >= 11 is 13.7. The highest BCUT2D eigenvalue weighted by Crippen LogP contribution is 2.40. The average molecular weight is 374 g/mol. The molecule has 23 heavy (non-hydrogen) atoms. The van der Waals surface area contributed by atoms with Gasteiger partial charge in [-0.3, -0.25) is 0 Å². The molecule has 0 saturated heterocycles. The number of thiophene rings is 1. The van der Waals surface area contributed by atoms with E-state index < -0.39 is 0 Å². The lowest BCUT2D eigenvalue weighted by molar-refractivity contribution is 0.397. The zero-order chi connectivity index (χ0) is 17.0. The van der Waals surface area contributed by atoms with E-state index >= 15 is 0 Å². The Labute approximate surface area is 151 Å². The van der Waals surface area contributed by atoms with Crippen LogP contribution in [0.1, 0.15) is 39.3 Å². The Morgan fingerprint density at radius 1 is 1.22 bits per heavy atom. The zero-order valence-electron chi connectivity index (χ0n) is 13.7. The van der Waals surface area contributed by atoms with Gasteiger partial charge in [0.05, 0.1) is 27.0 Å². The first kappa shape index (κ1) is 18.3. The molecule has 0 amide bonds. The molecule has 0 aliphatic heterocycles. The van der Waals surface area contributed by atoms with Gasteiger partial charge in [0.25, 0.3) is 5.88 Å². The molecule has 0 atom stereocenters. The molecule has 126 valence electrons. The molecule has 0 unspecified atom stereocenters. The van der Waals surface area contributed by atoms with E-state index in [1.54, 1.807) is 13.2 Å². The van der Waals surface area contributed by atoms with Crippen molar-refractivity contribution in [1.29, 1.82) is 0 Å². The number of methoxy groups -OCH3 is 1. The highest BCUT2D eigenvalue weighted by molar-refractivity contribution is 7.20. The van der Waals surface area contributed by atoms with E-state index in [1.165, 1.54) is 11.3 Å². The quantitative estimate of drug-likeness (QED) is 0.677. The van der Waals surface area contributed by atoms with Crippen molar-refractivity contribution >= 4 is 40.4 Å². The average Bonchev–Trinajstić information content (AvgIpc) is 2.90. The molecule has 0 spiro atoms. The number of ether oxygens (including phenoxy) is 1. The number of nitrogens with zero attached hydrogens (tertiary/aromatic N) is 2. The number of anilines is 1. The fraction of sp³-hybridized carbons (Fsp3) is 0.500. The Morgan fingerprint density at radius 3 is 2.39 bits per heavy atom. The second-order valence-corrected chi connectivity index (χ2v) is 7.21. The molecule has 4 nitrogen and oxygen atoms in total. The Balaban J connectivity index is 2.51. The number of hydrogen-bond donors (Lipinski definition) is 1. The van der Waals surface area contributed by atoms with E-state index in [2.05, 4.69) is 24.1 Å². The van der Waals surface area contributed by atoms with Gasteiger partial charge >= 0.3 is 0 Å². The van der Waals surface area contributed by atoms with Crippen LogP contribution < -0.4 is 10.1 Å². The van der Waals surface area contributed by atoms with Crippen LogP contribution in [-0.2, 0) is 6.42 Å². The predicted octanol–water partition coefficient (Wildman–Crippen LogP) is 5.68. The SMILES string of the molecule is CCc1nc(NC(CC)CC)c(OC)nc1-c1sc(Cl)cc1Cl. The zero-order valence-corrected chi connectivity index (χ0v) is 16.1. The van der Waals surface area contributed by atoms with Gasteiger partial charge in [0.15, 0.2) is 5.82 Å². The second kappa shape index (κ2) is 8.18. The van der Waals surface area contributed by atoms with Gasteiger partial charge in [0.1, 0.15) is 5.69 Å². The summed E-state index contributed by atoms with van der Waals surface area (Å²) in [6.45, 7) is 6.33. The molecule has 2 aromatic heterocycles. The molecule has 0 saturated carbocycles. The lowest BCUT2D eigenvalue weighted by Gasteiger charge is -2.18. The molecule has 1 N–H and O–H groups in total. The number of nitrogens with one attached hydrogen (secondary N) is 1. The number of rotatable bonds is 7. The predicted molar refractivity (Wildman–Crippen MR) is 99.3 cm³/mol. The van der Waals surface area contributed by atoms with Crippen LogP contribution in [0.2, 0.25) is 9.36 Å². The molecular formula is C16H21Cl2N3OS. The smallest absolute Gasteiger partial charge is 0.257 e. The van der Waals surface area contributed by atoms with Gasteiger partial charge in [-0.1, -0.05) is 44.0 Å². The summed E-state index contributed by atoms with van der Waals surface area (Å²) < 4.78 is 6.07. The third-order valence-electron chi connectivity index (χ3n) is 3.66. The highest BCUT2D eigenvalue weighted by Gasteiger charge is 2.20. The van der Waals surface area contributed by atoms with Crippen molar-refractivity contribution in [1.82, 2.24) is 9.97 Å². The van der Waals surface area contributed by atoms with E-state index in [-0.39, 0.29) is 0 Å². The topological polar surface area (TPSA) is 47.0 Å². The first-order valence-electron chi connectivity index (χ1n) is 7.70. The van der Waals surface area contributed by atoms with Crippen molar-refractivity contribution < 1.29 is 4.74 Å². The van der Waals surface area contributed by atoms with Crippen LogP contribution in [0.15, 0.2) is 6.07 Å². The number of aromatic nitrogens is 2. The minimum absolute atomic E-state index is 0.341. The summed E-state index contributed by atoms with van der Waals surface area (Å²) in [4.78, 5) is 10.2. The van der Waals surface area contributed by atoms with E-state index in [1.807, 2.05) is 6.92 Å². The van der Waals surface area contributed by atoms with Crippen molar-refractivity contribution in [3.8, 4) is 16.5 Å². The first-order chi connectivity index (χ1) is 11.0. The lowest BCUT2D eigenvalue weighted by Crippen LogP contribution is -2.19. The van der Waals surface area contributed by atoms with Gasteiger partial charge < -0.3 is 10.1 Å². The van der Waals surface area contributed by atoms with Crippen molar-refractivity contribution in [2.75, 3.05) is 12.4 Å². The summed E-state index contributed by atoms with van der Waals surface area (Å²) in [6, 6.07) is 2.07. The van der Waals surface area contributed by atoms with Crippen molar-refractivity contribution in [2.45, 2.75) is 46.1 Å². The maximum absolute atomic E-state index is 6.27. The summed E-state index contributed by atoms with van der Waals surface area (Å²) in [6.07, 6.45) is 2.77. The van der Waals surface area contributed by atoms with E-state index in [9.17, 15) is 0 Å². The normalized spacial score (nSPS) is 11.1. The van der Waals surface area contributed by atoms with Gasteiger partial charge in [-0.05, 0) is 25.3 Å². The third kappa shape index (κ3) is 4.08. The van der Waals surface area contributed by atoms with Crippen LogP contribution in [0.25, 0.3) is 10.6 Å². The minimum Gasteiger partial charge on any atom is -0.478 e. The fourth-order valence-electron chi connectivity index (χ4n) is 2.31. The van der Waals surface area contributed by atoms with Crippen molar-refractivity contribution in [3.05, 3.63) is 21.1 Å². The monoisotopic (exact) mass is 373 g/mol. The van der Waals surface area contributed by atoms with Crippen LogP contribution >= 0.6 is 34.5 Å². The maximum Gasteiger partial charge on any atom is 0.257 e. The van der Waals surface area contributed by atoms with Crippen LogP contribution in [0.4, 0.5) is 5.82 Å². The molecule has 0 fully saturated rings. The molecule has 2 rings (SSSR count). The van der Waals surface area contributed by atoms with E-state index in [0.717, 1.165) is 35.5 Å². The molecule has 0 bridgehead atoms. The Hall–Kier alpha value is -1.04. The largest absolute Gasteiger partial charge is 0.478 e. The molecular weight excluding hydrogens is 353 g/mol. The summed E-state index contributed by atoms with van der Waals surface area (Å²) in [5.74, 6) is 1.16. The number of hydrogen-bond acceptors (Lipinski definition) is 5. The van der Waals surface area contributed by atoms with Gasteiger partial charge in [0, 0.05) is 6.04 Å². The number of aryl methyl sites for hydroxylation is 1. The molecule has 2 aromatic rings.